The van der Waals surface area contributed by atoms with Crippen LogP contribution in [0.25, 0.3) is 0 Å². The number of para-hydroxylation sites is 1. The fraction of sp³-hybridized carbons (Fsp3) is 0.600. The van der Waals surface area contributed by atoms with Crippen molar-refractivity contribution >= 4 is 0 Å². The maximum Gasteiger partial charge on any atom is 0.165 e. The summed E-state index contributed by atoms with van der Waals surface area (Å²) < 4.78 is 24.6. The molecule has 1 fully saturated rings. The van der Waals surface area contributed by atoms with Crippen molar-refractivity contribution in [3.05, 3.63) is 30.1 Å². The molecule has 0 aromatic heterocycles. The van der Waals surface area contributed by atoms with Crippen LogP contribution in [0.15, 0.2) is 24.3 Å². The van der Waals surface area contributed by atoms with Gasteiger partial charge in [-0.05, 0) is 26.2 Å². The van der Waals surface area contributed by atoms with E-state index in [2.05, 4.69) is 9.80 Å². The van der Waals surface area contributed by atoms with Gasteiger partial charge in [-0.2, -0.15) is 0 Å². The van der Waals surface area contributed by atoms with Crippen LogP contribution in [-0.4, -0.2) is 69.4 Å². The second-order valence-corrected chi connectivity index (χ2v) is 5.33. The molecule has 0 aliphatic carbocycles. The first-order chi connectivity index (χ1) is 9.65. The molecule has 2 rings (SSSR count). The number of hydrogen-bond acceptors (Lipinski definition) is 4. The van der Waals surface area contributed by atoms with E-state index in [0.29, 0.717) is 12.4 Å². The van der Waals surface area contributed by atoms with Crippen LogP contribution in [-0.2, 0) is 4.74 Å². The third-order valence-corrected chi connectivity index (χ3v) is 3.29. The van der Waals surface area contributed by atoms with Gasteiger partial charge in [0.2, 0.25) is 0 Å². The van der Waals surface area contributed by atoms with Crippen molar-refractivity contribution in [1.82, 2.24) is 9.80 Å². The summed E-state index contributed by atoms with van der Waals surface area (Å²) in [7, 11) is 4.09. The molecule has 0 N–H and O–H groups in total. The molecule has 0 radical (unpaired) electrons. The predicted octanol–water partition coefficient (Wildman–Crippen LogP) is 1.47. The average Bonchev–Trinajstić information content (AvgIpc) is 2.41. The summed E-state index contributed by atoms with van der Waals surface area (Å²) >= 11 is 0. The molecule has 4 nitrogen and oxygen atoms in total. The summed E-state index contributed by atoms with van der Waals surface area (Å²) in [5.41, 5.74) is 0. The second kappa shape index (κ2) is 7.57. The number of rotatable bonds is 6. The average molecular weight is 282 g/mol. The molecule has 0 spiro atoms. The zero-order chi connectivity index (χ0) is 14.4. The first kappa shape index (κ1) is 15.2. The number of likely N-dealkylation sites (N-methyl/N-ethyl adjacent to an activating group) is 1. The minimum absolute atomic E-state index is 0.243. The second-order valence-electron chi connectivity index (χ2n) is 5.33. The molecule has 1 aromatic carbocycles. The van der Waals surface area contributed by atoms with Crippen LogP contribution in [0.2, 0.25) is 0 Å². The van der Waals surface area contributed by atoms with E-state index in [0.717, 1.165) is 32.8 Å². The van der Waals surface area contributed by atoms with Crippen molar-refractivity contribution in [3.63, 3.8) is 0 Å². The Labute approximate surface area is 120 Å². The zero-order valence-electron chi connectivity index (χ0n) is 12.2. The zero-order valence-corrected chi connectivity index (χ0v) is 12.2. The Morgan fingerprint density at radius 2 is 2.20 bits per heavy atom. The van der Waals surface area contributed by atoms with Gasteiger partial charge in [0, 0.05) is 26.2 Å². The van der Waals surface area contributed by atoms with Crippen LogP contribution in [0, 0.1) is 5.82 Å². The topological polar surface area (TPSA) is 24.9 Å². The molecule has 5 heteroatoms. The highest BCUT2D eigenvalue weighted by Crippen LogP contribution is 2.15. The SMILES string of the molecule is CN(C)C[C@H]1CN(CCOc2ccccc2F)CCO1. The van der Waals surface area contributed by atoms with E-state index in [-0.39, 0.29) is 11.9 Å². The van der Waals surface area contributed by atoms with Crippen LogP contribution in [0.4, 0.5) is 4.39 Å². The van der Waals surface area contributed by atoms with Crippen molar-refractivity contribution in [1.29, 1.82) is 0 Å². The molecule has 1 heterocycles. The number of morpholine rings is 1. The third kappa shape index (κ3) is 4.74. The summed E-state index contributed by atoms with van der Waals surface area (Å²) in [5, 5.41) is 0. The van der Waals surface area contributed by atoms with Gasteiger partial charge in [-0.15, -0.1) is 0 Å². The number of ether oxygens (including phenoxy) is 2. The maximum atomic E-state index is 13.4. The number of hydrogen-bond donors (Lipinski definition) is 0. The summed E-state index contributed by atoms with van der Waals surface area (Å²) in [6, 6.07) is 6.51. The smallest absolute Gasteiger partial charge is 0.165 e. The Balaban J connectivity index is 1.72. The van der Waals surface area contributed by atoms with E-state index in [1.165, 1.54) is 6.07 Å². The normalized spacial score (nSPS) is 20.3. The first-order valence-electron chi connectivity index (χ1n) is 7.01. The summed E-state index contributed by atoms with van der Waals surface area (Å²) in [6.45, 7) is 4.77. The van der Waals surface area contributed by atoms with E-state index < -0.39 is 0 Å². The van der Waals surface area contributed by atoms with E-state index in [4.69, 9.17) is 9.47 Å². The van der Waals surface area contributed by atoms with Gasteiger partial charge in [0.25, 0.3) is 0 Å². The molecule has 20 heavy (non-hydrogen) atoms. The number of benzene rings is 1. The van der Waals surface area contributed by atoms with Gasteiger partial charge >= 0.3 is 0 Å². The Kier molecular flexibility index (Phi) is 5.76. The Morgan fingerprint density at radius 3 is 2.95 bits per heavy atom. The van der Waals surface area contributed by atoms with E-state index in [1.807, 2.05) is 14.1 Å². The highest BCUT2D eigenvalue weighted by atomic mass is 19.1. The fourth-order valence-corrected chi connectivity index (χ4v) is 2.35. The van der Waals surface area contributed by atoms with Crippen LogP contribution in [0.1, 0.15) is 0 Å². The third-order valence-electron chi connectivity index (χ3n) is 3.29. The van der Waals surface area contributed by atoms with E-state index in [1.54, 1.807) is 18.2 Å². The van der Waals surface area contributed by atoms with Crippen LogP contribution in [0.5, 0.6) is 5.75 Å². The summed E-state index contributed by atoms with van der Waals surface area (Å²) in [5.74, 6) is 0.0190. The van der Waals surface area contributed by atoms with Crippen molar-refractivity contribution in [2.75, 3.05) is 53.5 Å². The molecule has 1 saturated heterocycles. The van der Waals surface area contributed by atoms with Gasteiger partial charge in [0.05, 0.1) is 12.7 Å². The molecule has 0 amide bonds. The monoisotopic (exact) mass is 282 g/mol. The van der Waals surface area contributed by atoms with Crippen LogP contribution >= 0.6 is 0 Å². The highest BCUT2D eigenvalue weighted by molar-refractivity contribution is 5.23. The van der Waals surface area contributed by atoms with Gasteiger partial charge in [-0.25, -0.2) is 4.39 Å². The molecule has 0 bridgehead atoms. The largest absolute Gasteiger partial charge is 0.489 e. The molecule has 0 saturated carbocycles. The molecular formula is C15H23FN2O2. The summed E-state index contributed by atoms with van der Waals surface area (Å²) in [4.78, 5) is 4.43. The molecular weight excluding hydrogens is 259 g/mol. The highest BCUT2D eigenvalue weighted by Gasteiger charge is 2.20. The lowest BCUT2D eigenvalue weighted by molar-refractivity contribution is -0.0406. The minimum atomic E-state index is -0.306. The number of halogens is 1. The quantitative estimate of drug-likeness (QED) is 0.789. The van der Waals surface area contributed by atoms with E-state index >= 15 is 0 Å². The predicted molar refractivity (Wildman–Crippen MR) is 76.6 cm³/mol. The lowest BCUT2D eigenvalue weighted by atomic mass is 10.2. The first-order valence-corrected chi connectivity index (χ1v) is 7.01. The van der Waals surface area contributed by atoms with Gasteiger partial charge in [-0.3, -0.25) is 4.90 Å². The molecule has 1 atom stereocenters. The fourth-order valence-electron chi connectivity index (χ4n) is 2.35. The number of nitrogens with zero attached hydrogens (tertiary/aromatic N) is 2. The molecule has 1 aromatic rings. The van der Waals surface area contributed by atoms with Gasteiger partial charge < -0.3 is 14.4 Å². The lowest BCUT2D eigenvalue weighted by Crippen LogP contribution is -2.47. The van der Waals surface area contributed by atoms with Gasteiger partial charge in [0.1, 0.15) is 6.61 Å². The van der Waals surface area contributed by atoms with Crippen molar-refractivity contribution in [3.8, 4) is 5.75 Å². The van der Waals surface area contributed by atoms with Crippen molar-refractivity contribution in [2.24, 2.45) is 0 Å². The van der Waals surface area contributed by atoms with Gasteiger partial charge in [-0.1, -0.05) is 12.1 Å². The minimum Gasteiger partial charge on any atom is -0.489 e. The Hall–Kier alpha value is -1.17. The van der Waals surface area contributed by atoms with Crippen LogP contribution < -0.4 is 4.74 Å². The Bertz CT molecular complexity index is 415. The summed E-state index contributed by atoms with van der Waals surface area (Å²) in [6.07, 6.45) is 0.243. The molecule has 1 aliphatic heterocycles. The van der Waals surface area contributed by atoms with Gasteiger partial charge in [0.15, 0.2) is 11.6 Å². The maximum absolute atomic E-state index is 13.4. The molecule has 1 aliphatic rings. The van der Waals surface area contributed by atoms with Crippen molar-refractivity contribution in [2.45, 2.75) is 6.10 Å². The molecule has 112 valence electrons. The van der Waals surface area contributed by atoms with Crippen molar-refractivity contribution < 1.29 is 13.9 Å². The lowest BCUT2D eigenvalue weighted by Gasteiger charge is -2.34. The van der Waals surface area contributed by atoms with E-state index in [9.17, 15) is 4.39 Å². The Morgan fingerprint density at radius 1 is 1.40 bits per heavy atom. The molecule has 0 unspecified atom stereocenters. The standard InChI is InChI=1S/C15H23FN2O2/c1-17(2)11-13-12-18(7-9-19-13)8-10-20-15-6-4-3-5-14(15)16/h3-6,13H,7-12H2,1-2H3/t13-/m0/s1. The van der Waals surface area contributed by atoms with Crippen LogP contribution in [0.3, 0.4) is 0 Å².